The van der Waals surface area contributed by atoms with Crippen molar-refractivity contribution in [2.75, 3.05) is 6.54 Å². The van der Waals surface area contributed by atoms with E-state index < -0.39 is 0 Å². The number of esters is 1. The summed E-state index contributed by atoms with van der Waals surface area (Å²) in [5, 5.41) is 3.46. The van der Waals surface area contributed by atoms with Crippen molar-refractivity contribution in [3.63, 3.8) is 0 Å². The Morgan fingerprint density at radius 3 is 2.43 bits per heavy atom. The second kappa shape index (κ2) is 7.59. The lowest BCUT2D eigenvalue weighted by atomic mass is 9.90. The van der Waals surface area contributed by atoms with E-state index in [0.29, 0.717) is 12.1 Å². The van der Waals surface area contributed by atoms with Crippen molar-refractivity contribution >= 4 is 5.97 Å². The molecule has 0 aromatic heterocycles. The molecule has 4 nitrogen and oxygen atoms in total. The predicted octanol–water partition coefficient (Wildman–Crippen LogP) is 2.71. The molecule has 1 saturated heterocycles. The van der Waals surface area contributed by atoms with Crippen molar-refractivity contribution in [3.05, 3.63) is 0 Å². The summed E-state index contributed by atoms with van der Waals surface area (Å²) < 4.78 is 5.30. The fourth-order valence-electron chi connectivity index (χ4n) is 3.43. The Balaban J connectivity index is 1.73. The Labute approximate surface area is 129 Å². The zero-order chi connectivity index (χ0) is 15.4. The molecule has 0 aromatic carbocycles. The first kappa shape index (κ1) is 16.8. The Morgan fingerprint density at radius 2 is 1.90 bits per heavy atom. The van der Waals surface area contributed by atoms with E-state index in [1.165, 1.54) is 19.3 Å². The van der Waals surface area contributed by atoms with Crippen molar-refractivity contribution in [2.24, 2.45) is 0 Å². The number of ether oxygens (including phenoxy) is 1. The molecule has 1 aliphatic heterocycles. The summed E-state index contributed by atoms with van der Waals surface area (Å²) in [6.45, 7) is 9.55. The lowest BCUT2D eigenvalue weighted by molar-refractivity contribution is -0.149. The molecular weight excluding hydrogens is 264 g/mol. The second-order valence-corrected chi connectivity index (χ2v) is 7.18. The van der Waals surface area contributed by atoms with Crippen LogP contribution in [0.4, 0.5) is 0 Å². The molecule has 4 heteroatoms. The summed E-state index contributed by atoms with van der Waals surface area (Å²) in [4.78, 5) is 14.6. The average Bonchev–Trinajstić information content (AvgIpc) is 2.79. The van der Waals surface area contributed by atoms with Crippen LogP contribution < -0.4 is 5.32 Å². The van der Waals surface area contributed by atoms with Crippen LogP contribution in [0.3, 0.4) is 0 Å². The molecule has 0 radical (unpaired) electrons. The first-order valence-electron chi connectivity index (χ1n) is 8.69. The first-order valence-corrected chi connectivity index (χ1v) is 8.69. The normalized spacial score (nSPS) is 26.6. The van der Waals surface area contributed by atoms with Gasteiger partial charge in [-0.15, -0.1) is 0 Å². The fourth-order valence-corrected chi connectivity index (χ4v) is 3.43. The molecule has 1 saturated carbocycles. The van der Waals surface area contributed by atoms with Crippen molar-refractivity contribution in [2.45, 2.75) is 96.5 Å². The first-order chi connectivity index (χ1) is 9.97. The molecule has 0 bridgehead atoms. The van der Waals surface area contributed by atoms with Crippen LogP contribution in [-0.4, -0.2) is 47.7 Å². The quantitative estimate of drug-likeness (QED) is 0.734. The van der Waals surface area contributed by atoms with Gasteiger partial charge in [-0.1, -0.05) is 6.42 Å². The number of carbonyl (C=O) groups is 1. The van der Waals surface area contributed by atoms with Gasteiger partial charge in [0.1, 0.15) is 6.04 Å². The maximum Gasteiger partial charge on any atom is 0.323 e. The zero-order valence-electron chi connectivity index (χ0n) is 14.1. The van der Waals surface area contributed by atoms with Gasteiger partial charge in [0.25, 0.3) is 0 Å². The number of hydrogen-bond acceptors (Lipinski definition) is 4. The molecule has 1 N–H and O–H groups in total. The maximum atomic E-state index is 11.9. The van der Waals surface area contributed by atoms with E-state index in [1.807, 2.05) is 13.8 Å². The number of nitrogens with zero attached hydrogens (tertiary/aromatic N) is 1. The van der Waals surface area contributed by atoms with E-state index in [1.54, 1.807) is 0 Å². The van der Waals surface area contributed by atoms with E-state index in [-0.39, 0.29) is 18.1 Å². The Bertz CT molecular complexity index is 340. The summed E-state index contributed by atoms with van der Waals surface area (Å²) >= 11 is 0. The number of nitrogens with one attached hydrogen (secondary N) is 1. The van der Waals surface area contributed by atoms with Crippen LogP contribution in [0, 0.1) is 0 Å². The molecule has 2 atom stereocenters. The molecule has 0 amide bonds. The van der Waals surface area contributed by atoms with E-state index >= 15 is 0 Å². The highest BCUT2D eigenvalue weighted by atomic mass is 16.5. The van der Waals surface area contributed by atoms with Gasteiger partial charge in [-0.2, -0.15) is 0 Å². The van der Waals surface area contributed by atoms with Crippen LogP contribution in [0.15, 0.2) is 0 Å². The minimum absolute atomic E-state index is 0.0200. The third-order valence-electron chi connectivity index (χ3n) is 4.82. The molecule has 2 unspecified atom stereocenters. The molecule has 0 spiro atoms. The van der Waals surface area contributed by atoms with Crippen LogP contribution >= 0.6 is 0 Å². The molecule has 1 aliphatic carbocycles. The summed E-state index contributed by atoms with van der Waals surface area (Å²) in [7, 11) is 0. The Hall–Kier alpha value is -0.610. The largest absolute Gasteiger partial charge is 0.462 e. The molecule has 21 heavy (non-hydrogen) atoms. The van der Waals surface area contributed by atoms with Gasteiger partial charge in [0, 0.05) is 24.7 Å². The van der Waals surface area contributed by atoms with Gasteiger partial charge in [0.05, 0.1) is 6.10 Å². The average molecular weight is 296 g/mol. The smallest absolute Gasteiger partial charge is 0.323 e. The number of rotatable bonds is 7. The Kier molecular flexibility index (Phi) is 6.06. The van der Waals surface area contributed by atoms with Gasteiger partial charge in [-0.25, -0.2) is 0 Å². The molecule has 0 aromatic rings. The molecular formula is C17H32N2O2. The summed E-state index contributed by atoms with van der Waals surface area (Å²) in [6, 6.07) is 1.80. The molecule has 1 heterocycles. The van der Waals surface area contributed by atoms with Gasteiger partial charge < -0.3 is 10.1 Å². The van der Waals surface area contributed by atoms with Crippen LogP contribution in [0.1, 0.15) is 66.2 Å². The van der Waals surface area contributed by atoms with Crippen LogP contribution in [0.2, 0.25) is 0 Å². The highest BCUT2D eigenvalue weighted by molar-refractivity contribution is 5.76. The van der Waals surface area contributed by atoms with Crippen molar-refractivity contribution < 1.29 is 9.53 Å². The van der Waals surface area contributed by atoms with Crippen molar-refractivity contribution in [1.29, 1.82) is 0 Å². The SMILES string of the molecule is CC(C)OC(=O)C1CCC(CCN(C(C)C)C2CCC2)N1. The zero-order valence-corrected chi connectivity index (χ0v) is 14.1. The lowest BCUT2D eigenvalue weighted by Gasteiger charge is -2.40. The number of carbonyl (C=O) groups excluding carboxylic acids is 1. The predicted molar refractivity (Wildman–Crippen MR) is 85.3 cm³/mol. The van der Waals surface area contributed by atoms with E-state index in [4.69, 9.17) is 4.74 Å². The van der Waals surface area contributed by atoms with Crippen molar-refractivity contribution in [3.8, 4) is 0 Å². The van der Waals surface area contributed by atoms with Gasteiger partial charge in [0.2, 0.25) is 0 Å². The van der Waals surface area contributed by atoms with E-state index in [2.05, 4.69) is 24.1 Å². The van der Waals surface area contributed by atoms with E-state index in [9.17, 15) is 4.79 Å². The molecule has 2 fully saturated rings. The summed E-state index contributed by atoms with van der Waals surface area (Å²) in [5.41, 5.74) is 0. The van der Waals surface area contributed by atoms with Gasteiger partial charge >= 0.3 is 5.97 Å². The van der Waals surface area contributed by atoms with Gasteiger partial charge in [-0.3, -0.25) is 9.69 Å². The van der Waals surface area contributed by atoms with Crippen molar-refractivity contribution in [1.82, 2.24) is 10.2 Å². The topological polar surface area (TPSA) is 41.6 Å². The number of hydrogen-bond donors (Lipinski definition) is 1. The van der Waals surface area contributed by atoms with Crippen LogP contribution in [-0.2, 0) is 9.53 Å². The molecule has 122 valence electrons. The summed E-state index contributed by atoms with van der Waals surface area (Å²) in [5.74, 6) is -0.0767. The third-order valence-corrected chi connectivity index (χ3v) is 4.82. The van der Waals surface area contributed by atoms with Crippen LogP contribution in [0.25, 0.3) is 0 Å². The van der Waals surface area contributed by atoms with Crippen LogP contribution in [0.5, 0.6) is 0 Å². The minimum atomic E-state index is -0.0893. The second-order valence-electron chi connectivity index (χ2n) is 7.18. The Morgan fingerprint density at radius 1 is 1.19 bits per heavy atom. The van der Waals surface area contributed by atoms with Gasteiger partial charge in [0.15, 0.2) is 0 Å². The minimum Gasteiger partial charge on any atom is -0.462 e. The highest BCUT2D eigenvalue weighted by Crippen LogP contribution is 2.27. The van der Waals surface area contributed by atoms with Gasteiger partial charge in [-0.05, 0) is 59.8 Å². The lowest BCUT2D eigenvalue weighted by Crippen LogP contribution is -2.46. The van der Waals surface area contributed by atoms with E-state index in [0.717, 1.165) is 31.8 Å². The highest BCUT2D eigenvalue weighted by Gasteiger charge is 2.32. The molecule has 2 rings (SSSR count). The monoisotopic (exact) mass is 296 g/mol. The third kappa shape index (κ3) is 4.68. The maximum absolute atomic E-state index is 11.9. The fraction of sp³-hybridized carbons (Fsp3) is 0.941. The summed E-state index contributed by atoms with van der Waals surface area (Å²) in [6.07, 6.45) is 7.24. The molecule has 2 aliphatic rings. The standard InChI is InChI=1S/C17H32N2O2/c1-12(2)19(15-6-5-7-15)11-10-14-8-9-16(18-14)17(20)21-13(3)4/h12-16,18H,5-11H2,1-4H3.